The Morgan fingerprint density at radius 1 is 1.57 bits per heavy atom. The van der Waals surface area contributed by atoms with Gasteiger partial charge >= 0.3 is 0 Å². The summed E-state index contributed by atoms with van der Waals surface area (Å²) in [7, 11) is 5.43. The van der Waals surface area contributed by atoms with Gasteiger partial charge in [0.1, 0.15) is 0 Å². The van der Waals surface area contributed by atoms with Gasteiger partial charge in [0.05, 0.1) is 0 Å². The van der Waals surface area contributed by atoms with Crippen molar-refractivity contribution in [3.63, 3.8) is 0 Å². The molecule has 3 atom stereocenters. The minimum atomic E-state index is 0.574. The summed E-state index contributed by atoms with van der Waals surface area (Å²) in [5.41, 5.74) is 0.574. The molecule has 2 heteroatoms. The summed E-state index contributed by atoms with van der Waals surface area (Å²) in [6.45, 7) is 0. The zero-order chi connectivity index (χ0) is 5.28. The summed E-state index contributed by atoms with van der Waals surface area (Å²) in [5.74, 6) is 0. The third-order valence-corrected chi connectivity index (χ3v) is 2.56. The van der Waals surface area contributed by atoms with Crippen molar-refractivity contribution >= 4 is 18.5 Å². The molecule has 0 radical (unpaired) electrons. The molecule has 0 N–H and O–H groups in total. The Morgan fingerprint density at radius 2 is 2.29 bits per heavy atom. The first kappa shape index (κ1) is 5.48. The van der Waals surface area contributed by atoms with Gasteiger partial charge in [-0.3, -0.25) is 0 Å². The topological polar surface area (TPSA) is 0 Å². The molecule has 0 amide bonds. The van der Waals surface area contributed by atoms with E-state index in [4.69, 9.17) is 0 Å². The molecule has 38 valence electrons. The molecule has 1 aliphatic carbocycles. The Kier molecular flexibility index (Phi) is 1.62. The van der Waals surface area contributed by atoms with E-state index in [0.717, 1.165) is 0 Å². The van der Waals surface area contributed by atoms with Crippen LogP contribution < -0.4 is 0 Å². The van der Waals surface area contributed by atoms with Crippen LogP contribution in [0.5, 0.6) is 0 Å². The van der Waals surface area contributed by atoms with E-state index >= 15 is 0 Å². The molecule has 0 aromatic heterocycles. The molecule has 0 fully saturated rings. The molecule has 1 aliphatic rings. The summed E-state index contributed by atoms with van der Waals surface area (Å²) < 4.78 is 0. The van der Waals surface area contributed by atoms with Crippen LogP contribution in [-0.2, 0) is 0 Å². The third kappa shape index (κ3) is 1.12. The molecule has 0 saturated heterocycles. The first-order valence-corrected chi connectivity index (χ1v) is 3.44. The predicted octanol–water partition coefficient (Wildman–Crippen LogP) is 1.56. The molecule has 0 spiro atoms. The molecule has 0 heterocycles. The van der Waals surface area contributed by atoms with Gasteiger partial charge in [0.2, 0.25) is 0 Å². The highest BCUT2D eigenvalue weighted by Gasteiger charge is 2.01. The van der Waals surface area contributed by atoms with E-state index < -0.39 is 0 Å². The average Bonchev–Trinajstić information content (AvgIpc) is 1.91. The highest BCUT2D eigenvalue weighted by Crippen LogP contribution is 2.24. The SMILES string of the molecule is PC1=CC=CC1P. The van der Waals surface area contributed by atoms with Crippen LogP contribution in [0.15, 0.2) is 23.5 Å². The molecule has 0 saturated carbocycles. The van der Waals surface area contributed by atoms with Crippen molar-refractivity contribution in [1.82, 2.24) is 0 Å². The predicted molar refractivity (Wildman–Crippen MR) is 40.4 cm³/mol. The van der Waals surface area contributed by atoms with Gasteiger partial charge in [0.15, 0.2) is 0 Å². The minimum Gasteiger partial charge on any atom is -0.126 e. The third-order valence-electron chi connectivity index (χ3n) is 0.992. The maximum absolute atomic E-state index is 2.74. The Labute approximate surface area is 48.5 Å². The highest BCUT2D eigenvalue weighted by atomic mass is 31.0. The van der Waals surface area contributed by atoms with E-state index in [1.807, 2.05) is 0 Å². The van der Waals surface area contributed by atoms with Crippen LogP contribution in [-0.4, -0.2) is 5.66 Å². The second kappa shape index (κ2) is 2.07. The lowest BCUT2D eigenvalue weighted by Crippen LogP contribution is -1.83. The van der Waals surface area contributed by atoms with Gasteiger partial charge in [-0.15, -0.1) is 18.5 Å². The maximum Gasteiger partial charge on any atom is 0.0166 e. The summed E-state index contributed by atoms with van der Waals surface area (Å²) in [6.07, 6.45) is 6.31. The van der Waals surface area contributed by atoms with Gasteiger partial charge in [0.25, 0.3) is 0 Å². The first-order chi connectivity index (χ1) is 3.30. The number of hydrogen-bond donors (Lipinski definition) is 0. The summed E-state index contributed by atoms with van der Waals surface area (Å²) in [4.78, 5) is 0. The van der Waals surface area contributed by atoms with E-state index in [0.29, 0.717) is 5.66 Å². The normalized spacial score (nSPS) is 28.3. The van der Waals surface area contributed by atoms with E-state index in [9.17, 15) is 0 Å². The smallest absolute Gasteiger partial charge is 0.0166 e. The van der Waals surface area contributed by atoms with Crippen LogP contribution in [0.25, 0.3) is 0 Å². The molecule has 0 aliphatic heterocycles. The van der Waals surface area contributed by atoms with Crippen molar-refractivity contribution in [3.8, 4) is 0 Å². The molecule has 0 bridgehead atoms. The van der Waals surface area contributed by atoms with Crippen LogP contribution in [0.2, 0.25) is 0 Å². The molecular formula is C5H8P2. The Bertz CT molecular complexity index is 124. The van der Waals surface area contributed by atoms with Crippen LogP contribution in [0.1, 0.15) is 0 Å². The molecule has 7 heavy (non-hydrogen) atoms. The standard InChI is InChI=1S/C5H8P2/c6-4-2-1-3-5(4)7/h1-4H,6-7H2. The number of hydrogen-bond acceptors (Lipinski definition) is 0. The van der Waals surface area contributed by atoms with Crippen molar-refractivity contribution in [2.45, 2.75) is 5.66 Å². The molecular weight excluding hydrogens is 122 g/mol. The Balaban J connectivity index is 2.69. The summed E-state index contributed by atoms with van der Waals surface area (Å²) >= 11 is 0. The fourth-order valence-corrected chi connectivity index (χ4v) is 0.970. The Morgan fingerprint density at radius 3 is 2.43 bits per heavy atom. The maximum atomic E-state index is 2.74. The van der Waals surface area contributed by atoms with Gasteiger partial charge in [0, 0.05) is 5.66 Å². The monoisotopic (exact) mass is 130 g/mol. The second-order valence-electron chi connectivity index (χ2n) is 1.58. The zero-order valence-corrected chi connectivity index (χ0v) is 6.27. The lowest BCUT2D eigenvalue weighted by Gasteiger charge is -1.96. The fraction of sp³-hybridized carbons (Fsp3) is 0.200. The fourth-order valence-electron chi connectivity index (χ4n) is 0.509. The van der Waals surface area contributed by atoms with Crippen LogP contribution in [0.3, 0.4) is 0 Å². The van der Waals surface area contributed by atoms with E-state index in [1.165, 1.54) is 5.31 Å². The van der Waals surface area contributed by atoms with Gasteiger partial charge in [-0.25, -0.2) is 0 Å². The molecule has 1 rings (SSSR count). The summed E-state index contributed by atoms with van der Waals surface area (Å²) in [6, 6.07) is 0. The Hall–Kier alpha value is 0.340. The highest BCUT2D eigenvalue weighted by molar-refractivity contribution is 7.27. The molecule has 0 aromatic carbocycles. The number of rotatable bonds is 0. The van der Waals surface area contributed by atoms with Crippen molar-refractivity contribution in [3.05, 3.63) is 23.5 Å². The van der Waals surface area contributed by atoms with Crippen LogP contribution in [0, 0.1) is 0 Å². The van der Waals surface area contributed by atoms with Crippen molar-refractivity contribution in [2.75, 3.05) is 0 Å². The second-order valence-corrected chi connectivity index (χ2v) is 2.96. The van der Waals surface area contributed by atoms with Gasteiger partial charge < -0.3 is 0 Å². The van der Waals surface area contributed by atoms with E-state index in [1.54, 1.807) is 0 Å². The minimum absolute atomic E-state index is 0.574. The van der Waals surface area contributed by atoms with Crippen LogP contribution >= 0.6 is 18.5 Å². The largest absolute Gasteiger partial charge is 0.126 e. The quantitative estimate of drug-likeness (QED) is 0.436. The molecule has 3 unspecified atom stereocenters. The lowest BCUT2D eigenvalue weighted by molar-refractivity contribution is 1.44. The van der Waals surface area contributed by atoms with Crippen LogP contribution in [0.4, 0.5) is 0 Å². The van der Waals surface area contributed by atoms with Gasteiger partial charge in [-0.1, -0.05) is 18.2 Å². The van der Waals surface area contributed by atoms with Gasteiger partial charge in [-0.05, 0) is 5.31 Å². The number of allylic oxidation sites excluding steroid dienone is 4. The van der Waals surface area contributed by atoms with E-state index in [2.05, 4.69) is 36.7 Å². The van der Waals surface area contributed by atoms with Crippen molar-refractivity contribution < 1.29 is 0 Å². The molecule has 0 aromatic rings. The van der Waals surface area contributed by atoms with Crippen molar-refractivity contribution in [2.24, 2.45) is 0 Å². The lowest BCUT2D eigenvalue weighted by atomic mass is 10.5. The van der Waals surface area contributed by atoms with Gasteiger partial charge in [-0.2, -0.15) is 0 Å². The molecule has 0 nitrogen and oxygen atoms in total. The van der Waals surface area contributed by atoms with Crippen molar-refractivity contribution in [1.29, 1.82) is 0 Å². The zero-order valence-electron chi connectivity index (χ0n) is 3.96. The van der Waals surface area contributed by atoms with E-state index in [-0.39, 0.29) is 0 Å². The average molecular weight is 130 g/mol. The summed E-state index contributed by atoms with van der Waals surface area (Å²) in [5, 5.41) is 1.35. The first-order valence-electron chi connectivity index (χ1n) is 2.20.